The molecule has 3 fully saturated rings. The molecule has 0 aliphatic carbocycles. The van der Waals surface area contributed by atoms with Crippen LogP contribution in [0.25, 0.3) is 0 Å². The molecule has 0 amide bonds. The lowest BCUT2D eigenvalue weighted by Gasteiger charge is -2.31. The van der Waals surface area contributed by atoms with Crippen molar-refractivity contribution < 1.29 is 64.9 Å². The summed E-state index contributed by atoms with van der Waals surface area (Å²) in [5.74, 6) is -2.45. The minimum Gasteiger partial charge on any atom is -0.385 e. The molecule has 3 rings (SSSR count). The number of hydrogen-bond acceptors (Lipinski definition) is 12. The van der Waals surface area contributed by atoms with Crippen molar-refractivity contribution in [2.45, 2.75) is 23.9 Å². The van der Waals surface area contributed by atoms with Gasteiger partial charge in [-0.15, -0.1) is 0 Å². The highest BCUT2D eigenvalue weighted by molar-refractivity contribution is 7.87. The zero-order chi connectivity index (χ0) is 24.3. The first-order valence-electron chi connectivity index (χ1n) is 9.58. The summed E-state index contributed by atoms with van der Waals surface area (Å²) >= 11 is -2.12. The maximum absolute atomic E-state index is 14.8. The van der Waals surface area contributed by atoms with Crippen LogP contribution in [0.5, 0.6) is 0 Å². The average molecular weight is 546 g/mol. The Morgan fingerprint density at radius 1 is 0.939 bits per heavy atom. The van der Waals surface area contributed by atoms with Crippen LogP contribution in [0.15, 0.2) is 0 Å². The number of rotatable bonds is 9. The first kappa shape index (κ1) is 27.2. The van der Waals surface area contributed by atoms with Crippen molar-refractivity contribution in [1.82, 2.24) is 0 Å². The molecule has 0 spiro atoms. The summed E-state index contributed by atoms with van der Waals surface area (Å²) in [6, 6.07) is 0. The van der Waals surface area contributed by atoms with Gasteiger partial charge in [0.1, 0.15) is 26.0 Å². The monoisotopic (exact) mass is 546 g/mol. The molecule has 33 heavy (non-hydrogen) atoms. The molecule has 3 unspecified atom stereocenters. The van der Waals surface area contributed by atoms with E-state index in [1.807, 2.05) is 0 Å². The lowest BCUT2D eigenvalue weighted by atomic mass is 10.0. The second-order valence-corrected chi connectivity index (χ2v) is 12.2. The van der Waals surface area contributed by atoms with E-state index in [4.69, 9.17) is 14.0 Å². The molecular weight excluding hydrogens is 524 g/mol. The van der Waals surface area contributed by atoms with Crippen LogP contribution in [0.3, 0.4) is 0 Å². The number of alkyl halides is 3. The fourth-order valence-electron chi connectivity index (χ4n) is 2.87. The Kier molecular flexibility index (Phi) is 8.83. The largest absolute Gasteiger partial charge is 0.639 e. The first-order valence-corrected chi connectivity index (χ1v) is 13.7. The zero-order valence-corrected chi connectivity index (χ0v) is 19.5. The maximum Gasteiger partial charge on any atom is 0.639 e. The molecule has 0 saturated carbocycles. The topological polar surface area (TPSA) is 150 Å². The molecule has 0 aromatic rings. The van der Waals surface area contributed by atoms with Crippen molar-refractivity contribution >= 4 is 38.9 Å². The van der Waals surface area contributed by atoms with Crippen molar-refractivity contribution in [2.24, 2.45) is 5.92 Å². The molecule has 3 aliphatic rings. The van der Waals surface area contributed by atoms with Gasteiger partial charge in [0.15, 0.2) is 11.3 Å². The van der Waals surface area contributed by atoms with E-state index in [0.29, 0.717) is 0 Å². The average Bonchev–Trinajstić information content (AvgIpc) is 2.75. The van der Waals surface area contributed by atoms with E-state index in [0.717, 1.165) is 0 Å². The van der Waals surface area contributed by atoms with Crippen LogP contribution in [-0.4, -0.2) is 104 Å². The standard InChI is InChI=1S/C14H22BF3O12S3/c16-12-4-29-33(22,23)5-11(12)3-24-15(26-7-14(18)8-27-31(19)28-9-14)25-6-13(17)1-2-32(20,21)30-10-13/h11-12H,1-10H2. The summed E-state index contributed by atoms with van der Waals surface area (Å²) in [4.78, 5) is 0. The van der Waals surface area contributed by atoms with Gasteiger partial charge in [0.2, 0.25) is 0 Å². The van der Waals surface area contributed by atoms with Crippen LogP contribution in [0, 0.1) is 5.92 Å². The summed E-state index contributed by atoms with van der Waals surface area (Å²) in [6.45, 7) is -4.98. The Balaban J connectivity index is 1.59. The third-order valence-electron chi connectivity index (χ3n) is 4.86. The normalized spacial score (nSPS) is 38.6. The molecule has 12 nitrogen and oxygen atoms in total. The lowest BCUT2D eigenvalue weighted by molar-refractivity contribution is -0.0542. The molecule has 192 valence electrons. The van der Waals surface area contributed by atoms with Gasteiger partial charge in [-0.1, -0.05) is 0 Å². The molecule has 3 aliphatic heterocycles. The summed E-state index contributed by atoms with van der Waals surface area (Å²) in [5.41, 5.74) is -4.50. The van der Waals surface area contributed by atoms with Gasteiger partial charge in [0, 0.05) is 18.9 Å². The molecule has 0 bridgehead atoms. The van der Waals surface area contributed by atoms with Crippen LogP contribution in [-0.2, 0) is 62.3 Å². The highest BCUT2D eigenvalue weighted by Crippen LogP contribution is 2.26. The van der Waals surface area contributed by atoms with Crippen molar-refractivity contribution in [3.63, 3.8) is 0 Å². The Morgan fingerprint density at radius 2 is 1.58 bits per heavy atom. The van der Waals surface area contributed by atoms with E-state index in [1.165, 1.54) is 0 Å². The molecule has 0 radical (unpaired) electrons. The minimum absolute atomic E-state index is 0.451. The van der Waals surface area contributed by atoms with E-state index in [2.05, 4.69) is 16.7 Å². The van der Waals surface area contributed by atoms with E-state index in [1.54, 1.807) is 0 Å². The molecule has 0 aromatic carbocycles. The Labute approximate surface area is 191 Å². The fraction of sp³-hybridized carbons (Fsp3) is 1.00. The molecule has 3 saturated heterocycles. The summed E-state index contributed by atoms with van der Waals surface area (Å²) in [6.07, 6.45) is -2.14. The predicted octanol–water partition coefficient (Wildman–Crippen LogP) is -0.872. The quantitative estimate of drug-likeness (QED) is 0.261. The number of hydrogen-bond donors (Lipinski definition) is 0. The highest BCUT2D eigenvalue weighted by atomic mass is 32.2. The maximum atomic E-state index is 14.8. The van der Waals surface area contributed by atoms with Gasteiger partial charge in [-0.2, -0.15) is 21.0 Å². The van der Waals surface area contributed by atoms with Gasteiger partial charge < -0.3 is 14.0 Å². The van der Waals surface area contributed by atoms with Gasteiger partial charge in [-0.25, -0.2) is 13.2 Å². The van der Waals surface area contributed by atoms with Crippen molar-refractivity contribution in [1.29, 1.82) is 0 Å². The van der Waals surface area contributed by atoms with E-state index < -0.39 is 127 Å². The van der Waals surface area contributed by atoms with Crippen molar-refractivity contribution in [3.05, 3.63) is 0 Å². The molecule has 0 N–H and O–H groups in total. The highest BCUT2D eigenvalue weighted by Gasteiger charge is 2.43. The van der Waals surface area contributed by atoms with Gasteiger partial charge in [-0.3, -0.25) is 16.7 Å². The zero-order valence-electron chi connectivity index (χ0n) is 17.1. The van der Waals surface area contributed by atoms with Crippen LogP contribution >= 0.6 is 0 Å². The van der Waals surface area contributed by atoms with E-state index in [-0.39, 0.29) is 0 Å². The molecule has 0 aromatic heterocycles. The third kappa shape index (κ3) is 8.36. The molecule has 3 heterocycles. The Hall–Kier alpha value is -0.375. The molecule has 19 heteroatoms. The van der Waals surface area contributed by atoms with Crippen LogP contribution in [0.1, 0.15) is 6.42 Å². The van der Waals surface area contributed by atoms with Gasteiger partial charge in [0.25, 0.3) is 20.2 Å². The second kappa shape index (κ2) is 10.7. The third-order valence-corrected chi connectivity index (χ3v) is 8.00. The van der Waals surface area contributed by atoms with Crippen molar-refractivity contribution in [3.8, 4) is 0 Å². The summed E-state index contributed by atoms with van der Waals surface area (Å²) < 4.78 is 134. The fourth-order valence-corrected chi connectivity index (χ4v) is 5.94. The minimum atomic E-state index is -3.96. The van der Waals surface area contributed by atoms with E-state index >= 15 is 0 Å². The second-order valence-electron chi connectivity index (χ2n) is 7.83. The summed E-state index contributed by atoms with van der Waals surface area (Å²) in [7, 11) is -9.60. The van der Waals surface area contributed by atoms with Gasteiger partial charge in [-0.05, 0) is 0 Å². The Morgan fingerprint density at radius 3 is 2.18 bits per heavy atom. The smallest absolute Gasteiger partial charge is 0.385 e. The Bertz CT molecular complexity index is 896. The lowest BCUT2D eigenvalue weighted by Crippen LogP contribution is -2.49. The summed E-state index contributed by atoms with van der Waals surface area (Å²) in [5, 5.41) is 0. The molecule has 3 atom stereocenters. The first-order chi connectivity index (χ1) is 15.3. The van der Waals surface area contributed by atoms with Crippen molar-refractivity contribution in [2.75, 3.05) is 57.8 Å². The van der Waals surface area contributed by atoms with Gasteiger partial charge >= 0.3 is 18.7 Å². The van der Waals surface area contributed by atoms with E-state index in [9.17, 15) is 34.2 Å². The van der Waals surface area contributed by atoms with Crippen LogP contribution in [0.2, 0.25) is 0 Å². The van der Waals surface area contributed by atoms with Crippen LogP contribution in [0.4, 0.5) is 13.2 Å². The van der Waals surface area contributed by atoms with Gasteiger partial charge in [0.05, 0.1) is 31.3 Å². The molecular formula is C14H22BF3O12S3. The number of halogens is 3. The predicted molar refractivity (Wildman–Crippen MR) is 104 cm³/mol. The SMILES string of the molecule is O=S1OCC(F)(COB(OCC2CS(=O)(=O)OCC2F)OCC2(F)CCS(=O)(=O)OC2)CO1. The van der Waals surface area contributed by atoms with Crippen LogP contribution < -0.4 is 0 Å².